The monoisotopic (exact) mass is 374 g/mol. The number of amides is 6. The summed E-state index contributed by atoms with van der Waals surface area (Å²) < 4.78 is 0. The van der Waals surface area contributed by atoms with Gasteiger partial charge in [-0.2, -0.15) is 0 Å². The summed E-state index contributed by atoms with van der Waals surface area (Å²) >= 11 is 0. The van der Waals surface area contributed by atoms with Gasteiger partial charge in [0.05, 0.1) is 0 Å². The summed E-state index contributed by atoms with van der Waals surface area (Å²) in [5.41, 5.74) is 0.771. The lowest BCUT2D eigenvalue weighted by Gasteiger charge is -2.19. The van der Waals surface area contributed by atoms with E-state index in [2.05, 4.69) is 5.32 Å². The molecule has 0 bridgehead atoms. The van der Waals surface area contributed by atoms with Gasteiger partial charge < -0.3 is 10.2 Å². The highest BCUT2D eigenvalue weighted by Gasteiger charge is 2.44. The summed E-state index contributed by atoms with van der Waals surface area (Å²) in [6.45, 7) is 5.91. The standard InChI is InChI=1S/C18H22N4O5/c1-4-20(5-2)15(24)12-8-7-9-13(10-12)19-14(23)11-22-17(26)16(25)21(6-3)18(22)27/h7-10H,4-6,11H2,1-3H3,(H,19,23). The molecule has 0 unspecified atom stereocenters. The molecule has 1 aromatic rings. The van der Waals surface area contributed by atoms with Crippen molar-refractivity contribution < 1.29 is 24.0 Å². The van der Waals surface area contributed by atoms with E-state index >= 15 is 0 Å². The number of nitrogens with zero attached hydrogens (tertiary/aromatic N) is 3. The molecule has 0 aromatic heterocycles. The molecule has 0 aliphatic carbocycles. The Morgan fingerprint density at radius 2 is 1.63 bits per heavy atom. The zero-order chi connectivity index (χ0) is 20.1. The topological polar surface area (TPSA) is 107 Å². The summed E-state index contributed by atoms with van der Waals surface area (Å²) in [4.78, 5) is 63.1. The molecule has 0 saturated carbocycles. The van der Waals surface area contributed by atoms with Crippen LogP contribution >= 0.6 is 0 Å². The summed E-state index contributed by atoms with van der Waals surface area (Å²) in [7, 11) is 0. The third-order valence-electron chi connectivity index (χ3n) is 4.20. The van der Waals surface area contributed by atoms with Crippen LogP contribution in [0.1, 0.15) is 31.1 Å². The van der Waals surface area contributed by atoms with Gasteiger partial charge in [0, 0.05) is 30.9 Å². The minimum Gasteiger partial charge on any atom is -0.339 e. The van der Waals surface area contributed by atoms with Gasteiger partial charge >= 0.3 is 17.8 Å². The van der Waals surface area contributed by atoms with Gasteiger partial charge in [-0.1, -0.05) is 6.07 Å². The number of hydrogen-bond donors (Lipinski definition) is 1. The average Bonchev–Trinajstić information content (AvgIpc) is 2.85. The van der Waals surface area contributed by atoms with E-state index in [0.717, 1.165) is 4.90 Å². The molecule has 2 rings (SSSR count). The second-order valence-corrected chi connectivity index (χ2v) is 5.83. The van der Waals surface area contributed by atoms with Crippen molar-refractivity contribution in [3.63, 3.8) is 0 Å². The van der Waals surface area contributed by atoms with E-state index in [0.29, 0.717) is 29.2 Å². The number of carbonyl (C=O) groups excluding carboxylic acids is 5. The van der Waals surface area contributed by atoms with Gasteiger partial charge in [-0.3, -0.25) is 24.1 Å². The Morgan fingerprint density at radius 1 is 1.00 bits per heavy atom. The van der Waals surface area contributed by atoms with Crippen molar-refractivity contribution in [3.8, 4) is 0 Å². The van der Waals surface area contributed by atoms with Crippen molar-refractivity contribution in [1.29, 1.82) is 0 Å². The normalized spacial score (nSPS) is 14.0. The van der Waals surface area contributed by atoms with E-state index in [1.54, 1.807) is 30.0 Å². The molecule has 144 valence electrons. The van der Waals surface area contributed by atoms with E-state index in [9.17, 15) is 24.0 Å². The fraction of sp³-hybridized carbons (Fsp3) is 0.389. The molecule has 0 radical (unpaired) electrons. The maximum atomic E-state index is 12.4. The number of imide groups is 2. The molecule has 1 aliphatic heterocycles. The van der Waals surface area contributed by atoms with Crippen LogP contribution in [0, 0.1) is 0 Å². The number of benzene rings is 1. The van der Waals surface area contributed by atoms with E-state index < -0.39 is 30.3 Å². The molecule has 1 saturated heterocycles. The number of likely N-dealkylation sites (N-methyl/N-ethyl adjacent to an activating group) is 1. The Balaban J connectivity index is 2.07. The number of urea groups is 1. The zero-order valence-corrected chi connectivity index (χ0v) is 15.5. The summed E-state index contributed by atoms with van der Waals surface area (Å²) in [5, 5.41) is 2.54. The third-order valence-corrected chi connectivity index (χ3v) is 4.20. The van der Waals surface area contributed by atoms with E-state index in [4.69, 9.17) is 0 Å². The van der Waals surface area contributed by atoms with E-state index in [1.165, 1.54) is 6.07 Å². The van der Waals surface area contributed by atoms with Crippen LogP contribution in [0.4, 0.5) is 10.5 Å². The lowest BCUT2D eigenvalue weighted by Crippen LogP contribution is -2.39. The second kappa shape index (κ2) is 8.43. The highest BCUT2D eigenvalue weighted by molar-refractivity contribution is 6.45. The predicted octanol–water partition coefficient (Wildman–Crippen LogP) is 0.918. The SMILES string of the molecule is CCN(CC)C(=O)c1cccc(NC(=O)CN2C(=O)C(=O)N(CC)C2=O)c1. The summed E-state index contributed by atoms with van der Waals surface area (Å²) in [6, 6.07) is 5.57. The maximum Gasteiger partial charge on any atom is 0.334 e. The van der Waals surface area contributed by atoms with Crippen molar-refractivity contribution in [2.45, 2.75) is 20.8 Å². The highest BCUT2D eigenvalue weighted by atomic mass is 16.2. The molecule has 1 fully saturated rings. The molecule has 1 aliphatic rings. The number of carbonyl (C=O) groups is 5. The van der Waals surface area contributed by atoms with Crippen molar-refractivity contribution in [1.82, 2.24) is 14.7 Å². The van der Waals surface area contributed by atoms with Crippen LogP contribution in [0.15, 0.2) is 24.3 Å². The van der Waals surface area contributed by atoms with Gasteiger partial charge in [0.2, 0.25) is 5.91 Å². The fourth-order valence-electron chi connectivity index (χ4n) is 2.74. The van der Waals surface area contributed by atoms with Crippen LogP contribution in [0.5, 0.6) is 0 Å². The van der Waals surface area contributed by atoms with E-state index in [-0.39, 0.29) is 12.5 Å². The van der Waals surface area contributed by atoms with Crippen LogP contribution in [0.2, 0.25) is 0 Å². The van der Waals surface area contributed by atoms with Crippen molar-refractivity contribution in [2.75, 3.05) is 31.5 Å². The molecule has 1 N–H and O–H groups in total. The van der Waals surface area contributed by atoms with Crippen LogP contribution in [0.3, 0.4) is 0 Å². The minimum atomic E-state index is -1.03. The van der Waals surface area contributed by atoms with Crippen molar-refractivity contribution in [2.24, 2.45) is 0 Å². The first-order chi connectivity index (χ1) is 12.8. The van der Waals surface area contributed by atoms with Crippen LogP contribution < -0.4 is 5.32 Å². The first-order valence-corrected chi connectivity index (χ1v) is 8.70. The lowest BCUT2D eigenvalue weighted by atomic mass is 10.1. The molecule has 0 spiro atoms. The van der Waals surface area contributed by atoms with Gasteiger partial charge in [-0.05, 0) is 39.0 Å². The van der Waals surface area contributed by atoms with Crippen LogP contribution in [-0.2, 0) is 14.4 Å². The molecule has 9 nitrogen and oxygen atoms in total. The van der Waals surface area contributed by atoms with Crippen molar-refractivity contribution >= 4 is 35.3 Å². The Hall–Kier alpha value is -3.23. The highest BCUT2D eigenvalue weighted by Crippen LogP contribution is 2.15. The van der Waals surface area contributed by atoms with Crippen LogP contribution in [-0.4, -0.2) is 70.5 Å². The molecule has 1 aromatic carbocycles. The first kappa shape index (κ1) is 20.1. The Morgan fingerprint density at radius 3 is 2.19 bits per heavy atom. The third kappa shape index (κ3) is 4.13. The molecular weight excluding hydrogens is 352 g/mol. The van der Waals surface area contributed by atoms with Gasteiger partial charge in [0.25, 0.3) is 5.91 Å². The molecule has 1 heterocycles. The Labute approximate surface area is 156 Å². The smallest absolute Gasteiger partial charge is 0.334 e. The summed E-state index contributed by atoms with van der Waals surface area (Å²) in [6.07, 6.45) is 0. The van der Waals surface area contributed by atoms with Gasteiger partial charge in [-0.25, -0.2) is 9.69 Å². The Bertz CT molecular complexity index is 788. The molecular formula is C18H22N4O5. The quantitative estimate of drug-likeness (QED) is 0.564. The lowest BCUT2D eigenvalue weighted by molar-refractivity contribution is -0.143. The average molecular weight is 374 g/mol. The van der Waals surface area contributed by atoms with E-state index in [1.807, 2.05) is 13.8 Å². The molecule has 6 amide bonds. The Kier molecular flexibility index (Phi) is 6.27. The molecule has 27 heavy (non-hydrogen) atoms. The van der Waals surface area contributed by atoms with Gasteiger partial charge in [-0.15, -0.1) is 0 Å². The predicted molar refractivity (Wildman–Crippen MR) is 96.8 cm³/mol. The van der Waals surface area contributed by atoms with Crippen molar-refractivity contribution in [3.05, 3.63) is 29.8 Å². The zero-order valence-electron chi connectivity index (χ0n) is 15.5. The second-order valence-electron chi connectivity index (χ2n) is 5.83. The molecule has 9 heteroatoms. The number of anilines is 1. The maximum absolute atomic E-state index is 12.4. The first-order valence-electron chi connectivity index (χ1n) is 8.70. The number of rotatable bonds is 7. The number of nitrogens with one attached hydrogen (secondary N) is 1. The van der Waals surface area contributed by atoms with Crippen LogP contribution in [0.25, 0.3) is 0 Å². The van der Waals surface area contributed by atoms with Gasteiger partial charge in [0.1, 0.15) is 6.54 Å². The molecule has 0 atom stereocenters. The minimum absolute atomic E-state index is 0.0526. The number of hydrogen-bond acceptors (Lipinski definition) is 5. The van der Waals surface area contributed by atoms with Gasteiger partial charge in [0.15, 0.2) is 0 Å². The fourth-order valence-corrected chi connectivity index (χ4v) is 2.74. The largest absolute Gasteiger partial charge is 0.339 e. The summed E-state index contributed by atoms with van der Waals surface area (Å²) in [5.74, 6) is -2.77.